The highest BCUT2D eigenvalue weighted by Crippen LogP contribution is 2.25. The Labute approximate surface area is 157 Å². The van der Waals surface area contributed by atoms with Gasteiger partial charge >= 0.3 is 0 Å². The number of amides is 2. The average Bonchev–Trinajstić information content (AvgIpc) is 2.96. The SMILES string of the molecule is Nc1c2c(cc(=O)n1-c1ccccc1C(=O)c1ccc(F)cc1)C(=O)NC2=O. The van der Waals surface area contributed by atoms with Crippen LogP contribution in [0.1, 0.15) is 36.6 Å². The first kappa shape index (κ1) is 17.3. The fraction of sp³-hybridized carbons (Fsp3) is 0. The Morgan fingerprint density at radius 2 is 1.64 bits per heavy atom. The van der Waals surface area contributed by atoms with Crippen LogP contribution in [0.2, 0.25) is 0 Å². The standard InChI is InChI=1S/C20H12FN3O4/c21-11-7-5-10(6-8-11)17(26)12-3-1-2-4-14(12)24-15(25)9-13-16(18(24)22)20(28)23-19(13)27/h1-9H,22H2,(H,23,27,28). The largest absolute Gasteiger partial charge is 0.384 e. The van der Waals surface area contributed by atoms with Gasteiger partial charge in [-0.1, -0.05) is 12.1 Å². The maximum atomic E-state index is 13.2. The van der Waals surface area contributed by atoms with E-state index in [1.165, 1.54) is 24.3 Å². The van der Waals surface area contributed by atoms with E-state index in [0.717, 1.165) is 22.8 Å². The lowest BCUT2D eigenvalue weighted by molar-refractivity contribution is 0.0879. The molecule has 3 N–H and O–H groups in total. The van der Waals surface area contributed by atoms with Crippen LogP contribution in [0.5, 0.6) is 0 Å². The lowest BCUT2D eigenvalue weighted by Gasteiger charge is -2.15. The molecule has 2 heterocycles. The van der Waals surface area contributed by atoms with Crippen LogP contribution in [0, 0.1) is 5.82 Å². The number of pyridine rings is 1. The minimum atomic E-state index is -0.714. The second-order valence-corrected chi connectivity index (χ2v) is 6.13. The van der Waals surface area contributed by atoms with E-state index in [4.69, 9.17) is 5.73 Å². The molecular weight excluding hydrogens is 365 g/mol. The molecule has 0 spiro atoms. The molecule has 1 aliphatic rings. The summed E-state index contributed by atoms with van der Waals surface area (Å²) in [5.74, 6) is -2.60. The first-order valence-corrected chi connectivity index (χ1v) is 8.19. The summed E-state index contributed by atoms with van der Waals surface area (Å²) in [5, 5.41) is 2.08. The van der Waals surface area contributed by atoms with Crippen LogP contribution < -0.4 is 16.6 Å². The highest BCUT2D eigenvalue weighted by Gasteiger charge is 2.32. The van der Waals surface area contributed by atoms with Crippen molar-refractivity contribution in [2.45, 2.75) is 0 Å². The van der Waals surface area contributed by atoms with Gasteiger partial charge in [-0.25, -0.2) is 4.39 Å². The van der Waals surface area contributed by atoms with Gasteiger partial charge in [0.05, 0.1) is 16.8 Å². The minimum Gasteiger partial charge on any atom is -0.384 e. The number of anilines is 1. The summed E-state index contributed by atoms with van der Waals surface area (Å²) in [6.07, 6.45) is 0. The average molecular weight is 377 g/mol. The van der Waals surface area contributed by atoms with E-state index in [9.17, 15) is 23.6 Å². The Morgan fingerprint density at radius 1 is 0.964 bits per heavy atom. The minimum absolute atomic E-state index is 0.105. The van der Waals surface area contributed by atoms with Gasteiger partial charge in [0.1, 0.15) is 11.6 Å². The third-order valence-electron chi connectivity index (χ3n) is 4.45. The quantitative estimate of drug-likeness (QED) is 0.533. The molecule has 7 nitrogen and oxygen atoms in total. The fourth-order valence-corrected chi connectivity index (χ4v) is 3.15. The molecule has 2 aromatic carbocycles. The zero-order valence-corrected chi connectivity index (χ0v) is 14.2. The molecule has 1 aliphatic heterocycles. The van der Waals surface area contributed by atoms with Crippen molar-refractivity contribution in [3.05, 3.63) is 93.0 Å². The zero-order chi connectivity index (χ0) is 20.0. The third kappa shape index (κ3) is 2.59. The number of benzene rings is 2. The molecule has 0 atom stereocenters. The molecular formula is C20H12FN3O4. The van der Waals surface area contributed by atoms with E-state index in [1.807, 2.05) is 0 Å². The van der Waals surface area contributed by atoms with Crippen LogP contribution in [0.3, 0.4) is 0 Å². The Balaban J connectivity index is 1.93. The molecule has 0 bridgehead atoms. The number of aromatic nitrogens is 1. The number of nitrogens with one attached hydrogen (secondary N) is 1. The van der Waals surface area contributed by atoms with Gasteiger partial charge in [-0.2, -0.15) is 0 Å². The van der Waals surface area contributed by atoms with Gasteiger partial charge in [-0.3, -0.25) is 29.1 Å². The molecule has 0 unspecified atom stereocenters. The van der Waals surface area contributed by atoms with E-state index >= 15 is 0 Å². The van der Waals surface area contributed by atoms with Gasteiger partial charge < -0.3 is 5.73 Å². The van der Waals surface area contributed by atoms with Crippen LogP contribution >= 0.6 is 0 Å². The normalized spacial score (nSPS) is 12.6. The van der Waals surface area contributed by atoms with Crippen LogP contribution in [-0.2, 0) is 0 Å². The van der Waals surface area contributed by atoms with Crippen molar-refractivity contribution in [1.29, 1.82) is 0 Å². The van der Waals surface area contributed by atoms with E-state index in [1.54, 1.807) is 12.1 Å². The van der Waals surface area contributed by atoms with Crippen molar-refractivity contribution in [3.8, 4) is 5.69 Å². The lowest BCUT2D eigenvalue weighted by atomic mass is 10.0. The van der Waals surface area contributed by atoms with Crippen molar-refractivity contribution < 1.29 is 18.8 Å². The van der Waals surface area contributed by atoms with Gasteiger partial charge in [0.25, 0.3) is 17.4 Å². The Morgan fingerprint density at radius 3 is 2.36 bits per heavy atom. The number of hydrogen-bond donors (Lipinski definition) is 2. The molecule has 2 amide bonds. The molecule has 0 radical (unpaired) electrons. The summed E-state index contributed by atoms with van der Waals surface area (Å²) in [5.41, 5.74) is 5.64. The van der Waals surface area contributed by atoms with Gasteiger partial charge in [0.2, 0.25) is 0 Å². The smallest absolute Gasteiger partial charge is 0.262 e. The van der Waals surface area contributed by atoms with Crippen LogP contribution in [-0.4, -0.2) is 22.2 Å². The van der Waals surface area contributed by atoms with Gasteiger partial charge in [0.15, 0.2) is 5.78 Å². The maximum absolute atomic E-state index is 13.2. The summed E-state index contributed by atoms with van der Waals surface area (Å²) in [7, 11) is 0. The number of halogens is 1. The van der Waals surface area contributed by atoms with E-state index in [-0.39, 0.29) is 33.8 Å². The highest BCUT2D eigenvalue weighted by atomic mass is 19.1. The second kappa shape index (κ2) is 6.27. The number of nitrogen functional groups attached to an aromatic ring is 1. The van der Waals surface area contributed by atoms with Crippen LogP contribution in [0.4, 0.5) is 10.2 Å². The topological polar surface area (TPSA) is 111 Å². The van der Waals surface area contributed by atoms with Gasteiger partial charge in [-0.05, 0) is 36.4 Å². The number of carbonyl (C=O) groups excluding carboxylic acids is 3. The van der Waals surface area contributed by atoms with Crippen molar-refractivity contribution in [2.75, 3.05) is 5.73 Å². The van der Waals surface area contributed by atoms with Gasteiger partial charge in [-0.15, -0.1) is 0 Å². The number of fused-ring (bicyclic) bond motifs is 1. The zero-order valence-electron chi connectivity index (χ0n) is 14.2. The van der Waals surface area contributed by atoms with Gasteiger partial charge in [0, 0.05) is 17.2 Å². The molecule has 138 valence electrons. The number of para-hydroxylation sites is 1. The first-order chi connectivity index (χ1) is 13.4. The Kier molecular flexibility index (Phi) is 3.89. The van der Waals surface area contributed by atoms with Crippen molar-refractivity contribution in [1.82, 2.24) is 9.88 Å². The highest BCUT2D eigenvalue weighted by molar-refractivity contribution is 6.23. The second-order valence-electron chi connectivity index (χ2n) is 6.13. The molecule has 0 saturated heterocycles. The third-order valence-corrected chi connectivity index (χ3v) is 4.45. The Bertz CT molecular complexity index is 1230. The van der Waals surface area contributed by atoms with Crippen molar-refractivity contribution in [2.24, 2.45) is 0 Å². The van der Waals surface area contributed by atoms with Crippen molar-refractivity contribution in [3.63, 3.8) is 0 Å². The number of imide groups is 1. The van der Waals surface area contributed by atoms with Crippen LogP contribution in [0.25, 0.3) is 5.69 Å². The summed E-state index contributed by atoms with van der Waals surface area (Å²) < 4.78 is 14.2. The molecule has 8 heteroatoms. The van der Waals surface area contributed by atoms with Crippen LogP contribution in [0.15, 0.2) is 59.4 Å². The fourth-order valence-electron chi connectivity index (χ4n) is 3.15. The predicted octanol–water partition coefficient (Wildman–Crippen LogP) is 1.67. The van der Waals surface area contributed by atoms with E-state index < -0.39 is 29.0 Å². The van der Waals surface area contributed by atoms with E-state index in [2.05, 4.69) is 5.32 Å². The monoisotopic (exact) mass is 377 g/mol. The molecule has 3 aromatic rings. The summed E-state index contributed by atoms with van der Waals surface area (Å²) in [4.78, 5) is 49.4. The molecule has 0 aliphatic carbocycles. The summed E-state index contributed by atoms with van der Waals surface area (Å²) in [6.45, 7) is 0. The molecule has 1 aromatic heterocycles. The van der Waals surface area contributed by atoms with E-state index in [0.29, 0.717) is 0 Å². The number of ketones is 1. The molecule has 0 fully saturated rings. The Hall–Kier alpha value is -4.07. The maximum Gasteiger partial charge on any atom is 0.262 e. The summed E-state index contributed by atoms with van der Waals surface area (Å²) >= 11 is 0. The first-order valence-electron chi connectivity index (χ1n) is 8.19. The summed E-state index contributed by atoms with van der Waals surface area (Å²) in [6, 6.07) is 12.2. The number of nitrogens with two attached hydrogens (primary N) is 1. The number of hydrogen-bond acceptors (Lipinski definition) is 5. The number of rotatable bonds is 3. The molecule has 28 heavy (non-hydrogen) atoms. The molecule has 4 rings (SSSR count). The van der Waals surface area contributed by atoms with Crippen molar-refractivity contribution >= 4 is 23.4 Å². The lowest BCUT2D eigenvalue weighted by Crippen LogP contribution is -2.25. The predicted molar refractivity (Wildman–Crippen MR) is 98.1 cm³/mol. The number of nitrogens with zero attached hydrogens (tertiary/aromatic N) is 1. The number of carbonyl (C=O) groups is 3. The molecule has 0 saturated carbocycles.